The number of aromatic nitrogens is 6. The van der Waals surface area contributed by atoms with E-state index in [1.165, 1.54) is 46.7 Å². The number of fused-ring (bicyclic) bond motifs is 5. The lowest BCUT2D eigenvalue weighted by atomic mass is 9.75. The molecule has 0 spiro atoms. The minimum absolute atomic E-state index is 0.00440. The van der Waals surface area contributed by atoms with Crippen LogP contribution in [-0.4, -0.2) is 138 Å². The molecule has 3 saturated heterocycles. The molecule has 6 aromatic rings. The first-order valence-corrected chi connectivity index (χ1v) is 28.2. The zero-order chi connectivity index (χ0) is 55.7. The Hall–Kier alpha value is -4.75. The fourth-order valence-electron chi connectivity index (χ4n) is 12.5. The fourth-order valence-corrected chi connectivity index (χ4v) is 14.1. The van der Waals surface area contributed by atoms with Gasteiger partial charge in [-0.05, 0) is 93.4 Å². The van der Waals surface area contributed by atoms with Crippen molar-refractivity contribution in [1.82, 2.24) is 44.7 Å². The number of amides is 2. The molecule has 3 aromatic heterocycles. The second kappa shape index (κ2) is 21.7. The minimum atomic E-state index is -3.58. The molecule has 26 heteroatoms. The number of nitrogens with one attached hydrogen (secondary N) is 3. The summed E-state index contributed by atoms with van der Waals surface area (Å²) in [6.45, 7) is 4.86. The summed E-state index contributed by atoms with van der Waals surface area (Å²) in [5.74, 6) is -11.7. The minimum Gasteiger partial charge on any atom is -0.388 e. The third-order valence-electron chi connectivity index (χ3n) is 16.8. The predicted octanol–water partition coefficient (Wildman–Crippen LogP) is 9.51. The summed E-state index contributed by atoms with van der Waals surface area (Å²) in [5, 5.41) is 53.0. The van der Waals surface area contributed by atoms with Gasteiger partial charge in [-0.3, -0.25) is 24.9 Å². The van der Waals surface area contributed by atoms with Gasteiger partial charge in [-0.2, -0.15) is 15.3 Å². The Balaban J connectivity index is 0.000000141. The summed E-state index contributed by atoms with van der Waals surface area (Å²) >= 11 is 17.8. The van der Waals surface area contributed by atoms with Crippen LogP contribution < -0.4 is 0 Å². The zero-order valence-corrected chi connectivity index (χ0v) is 45.1. The number of rotatable bonds is 10. The van der Waals surface area contributed by atoms with Crippen molar-refractivity contribution in [2.45, 2.75) is 95.4 Å². The highest BCUT2D eigenvalue weighted by Crippen LogP contribution is 2.63. The number of nitrogens with zero attached hydrogens (tertiary/aromatic N) is 6. The molecule has 6 heterocycles. The maximum Gasteiger partial charge on any atom is 0.281 e. The molecule has 2 amide bonds. The number of carbonyl (C=O) groups is 2. The van der Waals surface area contributed by atoms with Crippen molar-refractivity contribution in [3.8, 4) is 0 Å². The Labute approximate surface area is 453 Å². The number of aliphatic hydroxyl groups is 3. The molecular formula is C51H58Cl3F6N9O7S. The van der Waals surface area contributed by atoms with Gasteiger partial charge in [0.1, 0.15) is 23.8 Å². The number of alkyl halides is 4. The monoisotopic (exact) mass is 1160 g/mol. The number of hydrogen-bond donors (Lipinski definition) is 6. The first kappa shape index (κ1) is 57.0. The quantitative estimate of drug-likeness (QED) is 0.0713. The maximum atomic E-state index is 15.4. The van der Waals surface area contributed by atoms with Gasteiger partial charge in [-0.15, -0.1) is 0 Å². The van der Waals surface area contributed by atoms with Crippen LogP contribution in [0.25, 0.3) is 32.7 Å². The van der Waals surface area contributed by atoms with Crippen LogP contribution in [0.3, 0.4) is 0 Å². The average molecular weight is 1160 g/mol. The van der Waals surface area contributed by atoms with Gasteiger partial charge in [0.2, 0.25) is 21.8 Å². The summed E-state index contributed by atoms with van der Waals surface area (Å²) in [6.07, 6.45) is 4.61. The smallest absolute Gasteiger partial charge is 0.281 e. The molecule has 16 nitrogen and oxygen atoms in total. The van der Waals surface area contributed by atoms with Gasteiger partial charge in [0, 0.05) is 108 Å². The largest absolute Gasteiger partial charge is 0.388 e. The number of hydrogen-bond acceptors (Lipinski definition) is 10. The Kier molecular flexibility index (Phi) is 16.1. The van der Waals surface area contributed by atoms with Gasteiger partial charge in [-0.25, -0.2) is 39.1 Å². The van der Waals surface area contributed by atoms with Gasteiger partial charge in [-0.1, -0.05) is 34.8 Å². The number of benzene rings is 3. The van der Waals surface area contributed by atoms with Crippen LogP contribution in [-0.2, 0) is 19.6 Å². The van der Waals surface area contributed by atoms with Crippen LogP contribution in [0.1, 0.15) is 100 Å². The molecule has 3 aliphatic heterocycles. The normalized spacial score (nSPS) is 22.6. The van der Waals surface area contributed by atoms with E-state index in [0.29, 0.717) is 53.1 Å². The molecule has 6 atom stereocenters. The molecule has 77 heavy (non-hydrogen) atoms. The molecule has 0 radical (unpaired) electrons. The average Bonchev–Trinajstić information content (AvgIpc) is 3.98. The Morgan fingerprint density at radius 2 is 1.13 bits per heavy atom. The van der Waals surface area contributed by atoms with E-state index in [4.69, 9.17) is 34.8 Å². The van der Waals surface area contributed by atoms with E-state index in [-0.39, 0.29) is 93.9 Å². The second-order valence-electron chi connectivity index (χ2n) is 21.2. The van der Waals surface area contributed by atoms with E-state index < -0.39 is 81.0 Å². The molecule has 5 aliphatic rings. The molecule has 2 saturated carbocycles. The van der Waals surface area contributed by atoms with Crippen molar-refractivity contribution in [2.24, 2.45) is 35.0 Å². The highest BCUT2D eigenvalue weighted by molar-refractivity contribution is 7.88. The van der Waals surface area contributed by atoms with E-state index in [1.54, 1.807) is 19.2 Å². The molecular weight excluding hydrogens is 1100 g/mol. The lowest BCUT2D eigenvalue weighted by Crippen LogP contribution is -2.51. The van der Waals surface area contributed by atoms with Crippen molar-refractivity contribution < 1.29 is 59.7 Å². The Morgan fingerprint density at radius 1 is 0.675 bits per heavy atom. The van der Waals surface area contributed by atoms with Crippen molar-refractivity contribution in [1.29, 1.82) is 0 Å². The number of halogens is 9. The molecule has 5 fully saturated rings. The first-order chi connectivity index (χ1) is 36.3. The number of likely N-dealkylation sites (tertiary alicyclic amines) is 2. The number of aliphatic hydroxyl groups excluding tert-OH is 3. The molecule has 3 aromatic carbocycles. The summed E-state index contributed by atoms with van der Waals surface area (Å²) in [6, 6.07) is 5.70. The van der Waals surface area contributed by atoms with Gasteiger partial charge >= 0.3 is 0 Å². The highest BCUT2D eigenvalue weighted by atomic mass is 35.5. The summed E-state index contributed by atoms with van der Waals surface area (Å²) < 4.78 is 115. The van der Waals surface area contributed by atoms with Crippen molar-refractivity contribution in [2.75, 3.05) is 45.5 Å². The second-order valence-corrected chi connectivity index (χ2v) is 24.5. The van der Waals surface area contributed by atoms with Crippen LogP contribution >= 0.6 is 34.8 Å². The van der Waals surface area contributed by atoms with Gasteiger partial charge in [0.15, 0.2) is 0 Å². The van der Waals surface area contributed by atoms with Crippen LogP contribution in [0.2, 0.25) is 15.1 Å². The molecule has 2 bridgehead atoms. The van der Waals surface area contributed by atoms with E-state index in [2.05, 4.69) is 30.6 Å². The molecule has 418 valence electrons. The number of aromatic amines is 3. The lowest BCUT2D eigenvalue weighted by Gasteiger charge is -2.42. The highest BCUT2D eigenvalue weighted by Gasteiger charge is 2.60. The van der Waals surface area contributed by atoms with E-state index >= 15 is 8.78 Å². The van der Waals surface area contributed by atoms with Crippen LogP contribution in [0, 0.1) is 46.6 Å². The van der Waals surface area contributed by atoms with Gasteiger partial charge in [0.25, 0.3) is 11.8 Å². The van der Waals surface area contributed by atoms with Crippen molar-refractivity contribution >= 4 is 89.3 Å². The first-order valence-electron chi connectivity index (χ1n) is 25.3. The fraction of sp³-hybridized carbons (Fsp3) is 0.549. The number of H-pyrrole nitrogens is 3. The third kappa shape index (κ3) is 10.9. The van der Waals surface area contributed by atoms with Gasteiger partial charge in [0.05, 0.1) is 57.5 Å². The maximum absolute atomic E-state index is 15.4. The van der Waals surface area contributed by atoms with Crippen molar-refractivity contribution in [3.05, 3.63) is 86.2 Å². The van der Waals surface area contributed by atoms with E-state index in [9.17, 15) is 50.9 Å². The van der Waals surface area contributed by atoms with Gasteiger partial charge < -0.3 is 25.1 Å². The van der Waals surface area contributed by atoms with Crippen molar-refractivity contribution in [3.63, 3.8) is 0 Å². The van der Waals surface area contributed by atoms with Crippen LogP contribution in [0.5, 0.6) is 0 Å². The SMILES string of the molecule is CC(=O)N1CCC(C(F)(F)C(O)c2c(F)c(Cl)cc3cn[nH]c23)CC1.CC(=O)N1CCC(C2(C(O)c3c(F)c(Cl)cc4cn[nH]c34)CC2)CC1.CS(=O)(=O)N1C[C@H]2CC[C@@H](C1)C2C(F)(F)C(O)c1cc(Cl)cc2cn[nH]c12. The zero-order valence-electron chi connectivity index (χ0n) is 42.0. The molecule has 6 N–H and O–H groups in total. The van der Waals surface area contributed by atoms with E-state index in [1.807, 2.05) is 4.90 Å². The number of carbonyl (C=O) groups excluding carboxylic acids is 2. The third-order valence-corrected chi connectivity index (χ3v) is 18.8. The number of sulfonamides is 1. The molecule has 4 unspecified atom stereocenters. The molecule has 2 aliphatic carbocycles. The van der Waals surface area contributed by atoms with Crippen LogP contribution in [0.15, 0.2) is 42.9 Å². The summed E-state index contributed by atoms with van der Waals surface area (Å²) in [4.78, 5) is 26.2. The Morgan fingerprint density at radius 3 is 1.61 bits per heavy atom. The molecule has 11 rings (SSSR count). The summed E-state index contributed by atoms with van der Waals surface area (Å²) in [7, 11) is -3.42. The number of piperidine rings is 3. The van der Waals surface area contributed by atoms with E-state index in [0.717, 1.165) is 31.9 Å². The lowest BCUT2D eigenvalue weighted by molar-refractivity contribution is -0.176. The Bertz CT molecular complexity index is 3150. The predicted molar refractivity (Wildman–Crippen MR) is 276 cm³/mol. The summed E-state index contributed by atoms with van der Waals surface area (Å²) in [5.41, 5.74) is 0.159. The van der Waals surface area contributed by atoms with Crippen LogP contribution in [0.4, 0.5) is 26.3 Å². The topological polar surface area (TPSA) is 225 Å². The standard InChI is InChI=1S/C18H21ClFN3O2.C17H20ClF2N3O3S.C16H17ClF3N3O2/c1-10(24)23-6-2-12(3-7-23)18(4-5-18)17(25)14-15(20)13(19)8-11-9-21-22-16(11)14;1-27(25,26)23-7-9-2-3-10(8-23)14(9)17(19,20)16(24)13-5-12(18)4-11-6-21-22-15(11)13;1-8(24)23-4-2-10(3-5-23)16(19,20)15(25)12-13(18)11(17)6-9-7-21-22-14(9)12/h8-9,12,17,25H,2-7H2,1H3,(H,21,22);4-6,9-10,14,16,24H,2-3,7-8H2,1H3,(H,21,22);6-7,10,15,25H,2-5H2,1H3,(H,21,22)/t;9-,10+,14?,16?;.